The van der Waals surface area contributed by atoms with Crippen molar-refractivity contribution in [3.63, 3.8) is 0 Å². The van der Waals surface area contributed by atoms with Crippen LogP contribution in [0, 0.1) is 5.92 Å². The maximum absolute atomic E-state index is 12.2. The van der Waals surface area contributed by atoms with Crippen LogP contribution in [0.25, 0.3) is 0 Å². The van der Waals surface area contributed by atoms with Crippen molar-refractivity contribution in [2.45, 2.75) is 52.4 Å². The number of carbonyl (C=O) groups excluding carboxylic acids is 2. The molecule has 0 saturated carbocycles. The molecule has 0 bridgehead atoms. The van der Waals surface area contributed by atoms with Crippen LogP contribution in [0.3, 0.4) is 0 Å². The third-order valence-corrected chi connectivity index (χ3v) is 4.65. The van der Waals surface area contributed by atoms with Crippen LogP contribution in [0.5, 0.6) is 0 Å². The molecule has 0 spiro atoms. The molecule has 1 aromatic carbocycles. The Bertz CT molecular complexity index is 572. The fourth-order valence-corrected chi connectivity index (χ4v) is 3.08. The number of carbonyl (C=O) groups is 2. The van der Waals surface area contributed by atoms with E-state index in [-0.39, 0.29) is 17.2 Å². The molecule has 0 radical (unpaired) electrons. The average molecular weight is 330 g/mol. The molecule has 1 aromatic rings. The zero-order valence-electron chi connectivity index (χ0n) is 15.4. The Kier molecular flexibility index (Phi) is 6.03. The molecule has 0 unspecified atom stereocenters. The van der Waals surface area contributed by atoms with Crippen LogP contribution < -0.4 is 5.32 Å². The highest BCUT2D eigenvalue weighted by molar-refractivity contribution is 5.94. The minimum atomic E-state index is -0.115. The zero-order valence-corrected chi connectivity index (χ0v) is 15.4. The first-order chi connectivity index (χ1) is 11.3. The van der Waals surface area contributed by atoms with Crippen molar-refractivity contribution in [1.29, 1.82) is 0 Å². The third-order valence-electron chi connectivity index (χ3n) is 4.65. The fraction of sp³-hybridized carbons (Fsp3) is 0.600. The van der Waals surface area contributed by atoms with Crippen molar-refractivity contribution in [3.05, 3.63) is 35.4 Å². The second-order valence-electron chi connectivity index (χ2n) is 7.92. The molecule has 0 aromatic heterocycles. The summed E-state index contributed by atoms with van der Waals surface area (Å²) in [5.41, 5.74) is 1.92. The molecule has 1 saturated heterocycles. The number of hydrogen-bond acceptors (Lipinski definition) is 2. The van der Waals surface area contributed by atoms with E-state index in [2.05, 4.69) is 33.0 Å². The van der Waals surface area contributed by atoms with Gasteiger partial charge in [0, 0.05) is 31.6 Å². The van der Waals surface area contributed by atoms with Crippen LogP contribution in [0.15, 0.2) is 24.3 Å². The van der Waals surface area contributed by atoms with Gasteiger partial charge in [0.1, 0.15) is 0 Å². The summed E-state index contributed by atoms with van der Waals surface area (Å²) in [5, 5.41) is 2.85. The lowest BCUT2D eigenvalue weighted by atomic mass is 9.87. The number of nitrogens with one attached hydrogen (secondary N) is 1. The molecular weight excluding hydrogens is 300 g/mol. The summed E-state index contributed by atoms with van der Waals surface area (Å²) in [5.74, 6) is 0.610. The number of benzene rings is 1. The van der Waals surface area contributed by atoms with E-state index in [1.165, 1.54) is 12.0 Å². The third kappa shape index (κ3) is 5.08. The minimum Gasteiger partial charge on any atom is -0.352 e. The number of likely N-dealkylation sites (tertiary alicyclic amines) is 1. The summed E-state index contributed by atoms with van der Waals surface area (Å²) < 4.78 is 0. The van der Waals surface area contributed by atoms with E-state index in [1.807, 2.05) is 29.2 Å². The van der Waals surface area contributed by atoms with Crippen molar-refractivity contribution < 1.29 is 9.59 Å². The lowest BCUT2D eigenvalue weighted by molar-refractivity contribution is -0.132. The predicted molar refractivity (Wildman–Crippen MR) is 97.1 cm³/mol. The largest absolute Gasteiger partial charge is 0.352 e. The van der Waals surface area contributed by atoms with Gasteiger partial charge in [-0.3, -0.25) is 9.59 Å². The number of piperidine rings is 1. The van der Waals surface area contributed by atoms with E-state index in [1.54, 1.807) is 0 Å². The topological polar surface area (TPSA) is 49.4 Å². The van der Waals surface area contributed by atoms with E-state index in [9.17, 15) is 9.59 Å². The quantitative estimate of drug-likeness (QED) is 0.920. The van der Waals surface area contributed by atoms with Gasteiger partial charge in [-0.05, 0) is 41.9 Å². The Labute approximate surface area is 145 Å². The Balaban J connectivity index is 1.79. The summed E-state index contributed by atoms with van der Waals surface area (Å²) in [6, 6.07) is 7.69. The number of nitrogens with zero attached hydrogens (tertiary/aromatic N) is 1. The summed E-state index contributed by atoms with van der Waals surface area (Å²) >= 11 is 0. The van der Waals surface area contributed by atoms with Gasteiger partial charge in [-0.2, -0.15) is 0 Å². The maximum atomic E-state index is 12.2. The van der Waals surface area contributed by atoms with Gasteiger partial charge in [0.05, 0.1) is 0 Å². The molecule has 4 nitrogen and oxygen atoms in total. The van der Waals surface area contributed by atoms with Crippen molar-refractivity contribution >= 4 is 11.8 Å². The van der Waals surface area contributed by atoms with Gasteiger partial charge in [0.25, 0.3) is 5.91 Å². The number of amides is 2. The summed E-state index contributed by atoms with van der Waals surface area (Å²) in [6.45, 7) is 10.7. The van der Waals surface area contributed by atoms with Crippen LogP contribution in [0.2, 0.25) is 0 Å². The van der Waals surface area contributed by atoms with Gasteiger partial charge in [-0.15, -0.1) is 0 Å². The Morgan fingerprint density at radius 2 is 1.88 bits per heavy atom. The van der Waals surface area contributed by atoms with Crippen LogP contribution in [0.1, 0.15) is 62.9 Å². The predicted octanol–water partition coefficient (Wildman–Crippen LogP) is 3.36. The Morgan fingerprint density at radius 3 is 2.46 bits per heavy atom. The molecule has 1 N–H and O–H groups in total. The highest BCUT2D eigenvalue weighted by Crippen LogP contribution is 2.22. The molecule has 1 aliphatic heterocycles. The van der Waals surface area contributed by atoms with Crippen LogP contribution in [0.4, 0.5) is 0 Å². The minimum absolute atomic E-state index is 0.0764. The summed E-state index contributed by atoms with van der Waals surface area (Å²) in [6.07, 6.45) is 2.66. The smallest absolute Gasteiger partial charge is 0.251 e. The van der Waals surface area contributed by atoms with E-state index in [0.29, 0.717) is 24.4 Å². The first kappa shape index (κ1) is 18.5. The van der Waals surface area contributed by atoms with Crippen molar-refractivity contribution in [2.75, 3.05) is 19.6 Å². The first-order valence-corrected chi connectivity index (χ1v) is 8.94. The average Bonchev–Trinajstić information content (AvgIpc) is 2.54. The second kappa shape index (κ2) is 7.82. The fourth-order valence-electron chi connectivity index (χ4n) is 3.08. The molecule has 132 valence electrons. The number of rotatable bonds is 4. The van der Waals surface area contributed by atoms with Crippen molar-refractivity contribution in [2.24, 2.45) is 5.92 Å². The van der Waals surface area contributed by atoms with Crippen LogP contribution in [-0.4, -0.2) is 36.3 Å². The molecule has 0 aliphatic carbocycles. The highest BCUT2D eigenvalue weighted by atomic mass is 16.2. The SMILES string of the molecule is C[C@@H]1CCCN(C(=O)CCNC(=O)c2ccc(C(C)(C)C)cc2)C1. The molecule has 1 fully saturated rings. The normalized spacial score (nSPS) is 18.3. The van der Waals surface area contributed by atoms with Gasteiger partial charge < -0.3 is 10.2 Å². The van der Waals surface area contributed by atoms with Crippen LogP contribution >= 0.6 is 0 Å². The summed E-state index contributed by atoms with van der Waals surface area (Å²) in [4.78, 5) is 26.3. The van der Waals surface area contributed by atoms with Gasteiger partial charge in [0.15, 0.2) is 0 Å². The monoisotopic (exact) mass is 330 g/mol. The summed E-state index contributed by atoms with van der Waals surface area (Å²) in [7, 11) is 0. The van der Waals surface area contributed by atoms with E-state index in [4.69, 9.17) is 0 Å². The lowest BCUT2D eigenvalue weighted by Gasteiger charge is -2.31. The van der Waals surface area contributed by atoms with Gasteiger partial charge >= 0.3 is 0 Å². The van der Waals surface area contributed by atoms with Gasteiger partial charge in [0.2, 0.25) is 5.91 Å². The molecule has 1 aliphatic rings. The zero-order chi connectivity index (χ0) is 17.7. The molecule has 24 heavy (non-hydrogen) atoms. The molecule has 1 atom stereocenters. The van der Waals surface area contributed by atoms with E-state index in [0.717, 1.165) is 19.5 Å². The standard InChI is InChI=1S/C20H30N2O2/c1-15-6-5-13-22(14-15)18(23)11-12-21-19(24)16-7-9-17(10-8-16)20(2,3)4/h7-10,15H,5-6,11-14H2,1-4H3,(H,21,24)/t15-/m1/s1. The second-order valence-corrected chi connectivity index (χ2v) is 7.92. The van der Waals surface area contributed by atoms with Gasteiger partial charge in [-0.1, -0.05) is 39.8 Å². The Morgan fingerprint density at radius 1 is 1.21 bits per heavy atom. The lowest BCUT2D eigenvalue weighted by Crippen LogP contribution is -2.40. The molecule has 2 amide bonds. The molecular formula is C20H30N2O2. The van der Waals surface area contributed by atoms with E-state index >= 15 is 0 Å². The highest BCUT2D eigenvalue weighted by Gasteiger charge is 2.20. The van der Waals surface area contributed by atoms with Crippen molar-refractivity contribution in [1.82, 2.24) is 10.2 Å². The molecule has 4 heteroatoms. The molecule has 2 rings (SSSR count). The van der Waals surface area contributed by atoms with Crippen LogP contribution in [-0.2, 0) is 10.2 Å². The van der Waals surface area contributed by atoms with E-state index < -0.39 is 0 Å². The number of hydrogen-bond donors (Lipinski definition) is 1. The maximum Gasteiger partial charge on any atom is 0.251 e. The Hall–Kier alpha value is -1.84. The first-order valence-electron chi connectivity index (χ1n) is 8.94. The molecule has 1 heterocycles. The van der Waals surface area contributed by atoms with Gasteiger partial charge in [-0.25, -0.2) is 0 Å². The van der Waals surface area contributed by atoms with Crippen molar-refractivity contribution in [3.8, 4) is 0 Å².